The average molecular weight is 417 g/mol. The third-order valence-corrected chi connectivity index (χ3v) is 8.99. The normalized spacial score (nSPS) is 45.2. The summed E-state index contributed by atoms with van der Waals surface area (Å²) in [6.07, 6.45) is 4.83. The fourth-order valence-electron chi connectivity index (χ4n) is 7.57. The van der Waals surface area contributed by atoms with Crippen LogP contribution in [0, 0.1) is 34.5 Å². The van der Waals surface area contributed by atoms with Crippen LogP contribution in [-0.4, -0.2) is 40.6 Å². The number of carbonyl (C=O) groups excluding carboxylic acids is 4. The van der Waals surface area contributed by atoms with E-state index in [9.17, 15) is 24.3 Å². The number of ketones is 3. The van der Waals surface area contributed by atoms with Gasteiger partial charge in [0, 0.05) is 31.1 Å². The van der Waals surface area contributed by atoms with Gasteiger partial charge in [-0.25, -0.2) is 0 Å². The molecule has 1 N–H and O–H groups in total. The first-order valence-corrected chi connectivity index (χ1v) is 11.1. The summed E-state index contributed by atoms with van der Waals surface area (Å²) in [5, 5.41) is 11.5. The second-order valence-electron chi connectivity index (χ2n) is 10.5. The number of hydrogen-bond donors (Lipinski definition) is 1. The molecule has 3 fully saturated rings. The quantitative estimate of drug-likeness (QED) is 0.711. The largest absolute Gasteiger partial charge is 0.458 e. The zero-order chi connectivity index (χ0) is 22.1. The molecule has 0 amide bonds. The van der Waals surface area contributed by atoms with Crippen molar-refractivity contribution in [3.05, 3.63) is 11.6 Å². The minimum absolute atomic E-state index is 0.0462. The standard InChI is InChI=1S/C24H32O6/c1-13-9-16-17-6-8-24(29,20(28)12-30-14(2)25)23(17,4)11-19(27)21(16)22(3)7-5-15(26)10-18(13)22/h10,13,16-17,21,29H,5-9,11-12H2,1-4H3/t13-,16-,17-,21+,22-,23-,24-/m0/s1. The van der Waals surface area contributed by atoms with E-state index in [0.29, 0.717) is 19.3 Å². The number of carbonyl (C=O) groups is 4. The van der Waals surface area contributed by atoms with Gasteiger partial charge in [0.1, 0.15) is 11.4 Å². The van der Waals surface area contributed by atoms with Gasteiger partial charge in [0.2, 0.25) is 5.78 Å². The van der Waals surface area contributed by atoms with Crippen molar-refractivity contribution in [3.8, 4) is 0 Å². The monoisotopic (exact) mass is 416 g/mol. The minimum Gasteiger partial charge on any atom is -0.458 e. The van der Waals surface area contributed by atoms with Crippen LogP contribution in [0.15, 0.2) is 11.6 Å². The molecular weight excluding hydrogens is 384 g/mol. The molecule has 164 valence electrons. The van der Waals surface area contributed by atoms with Gasteiger partial charge in [-0.15, -0.1) is 0 Å². The Hall–Kier alpha value is -1.82. The Bertz CT molecular complexity index is 858. The van der Waals surface area contributed by atoms with E-state index in [1.165, 1.54) is 6.92 Å². The second kappa shape index (κ2) is 6.84. The van der Waals surface area contributed by atoms with Gasteiger partial charge in [0.25, 0.3) is 0 Å². The van der Waals surface area contributed by atoms with E-state index in [0.717, 1.165) is 12.0 Å². The Morgan fingerprint density at radius 1 is 1.23 bits per heavy atom. The van der Waals surface area contributed by atoms with Gasteiger partial charge >= 0.3 is 5.97 Å². The molecule has 6 heteroatoms. The maximum absolute atomic E-state index is 13.6. The molecule has 0 unspecified atom stereocenters. The first kappa shape index (κ1) is 21.4. The fraction of sp³-hybridized carbons (Fsp3) is 0.750. The Labute approximate surface area is 177 Å². The number of Topliss-reactive ketones (excluding diaryl/α,β-unsaturated/α-hetero) is 2. The molecule has 0 heterocycles. The molecule has 3 saturated carbocycles. The van der Waals surface area contributed by atoms with Crippen LogP contribution in [0.3, 0.4) is 0 Å². The highest BCUT2D eigenvalue weighted by Crippen LogP contribution is 2.67. The predicted octanol–water partition coefficient (Wildman–Crippen LogP) is 2.81. The zero-order valence-electron chi connectivity index (χ0n) is 18.3. The summed E-state index contributed by atoms with van der Waals surface area (Å²) >= 11 is 0. The number of aliphatic hydroxyl groups is 1. The third kappa shape index (κ3) is 2.79. The molecule has 0 aromatic rings. The van der Waals surface area contributed by atoms with E-state index in [-0.39, 0.29) is 53.5 Å². The lowest BCUT2D eigenvalue weighted by Gasteiger charge is -2.59. The van der Waals surface area contributed by atoms with Gasteiger partial charge in [-0.2, -0.15) is 0 Å². The first-order valence-electron chi connectivity index (χ1n) is 11.1. The number of allylic oxidation sites excluding steroid dienone is 1. The van der Waals surface area contributed by atoms with E-state index in [1.807, 2.05) is 6.92 Å². The van der Waals surface area contributed by atoms with Crippen molar-refractivity contribution in [1.82, 2.24) is 0 Å². The van der Waals surface area contributed by atoms with E-state index < -0.39 is 29.4 Å². The van der Waals surface area contributed by atoms with Crippen LogP contribution < -0.4 is 0 Å². The fourth-order valence-corrected chi connectivity index (χ4v) is 7.57. The van der Waals surface area contributed by atoms with Crippen molar-refractivity contribution in [3.63, 3.8) is 0 Å². The van der Waals surface area contributed by atoms with Gasteiger partial charge < -0.3 is 9.84 Å². The molecule has 0 saturated heterocycles. The Morgan fingerprint density at radius 3 is 2.60 bits per heavy atom. The van der Waals surface area contributed by atoms with Crippen LogP contribution in [0.25, 0.3) is 0 Å². The van der Waals surface area contributed by atoms with Gasteiger partial charge in [0.05, 0.1) is 0 Å². The molecule has 0 radical (unpaired) electrons. The Kier molecular flexibility index (Phi) is 4.88. The molecule has 4 aliphatic rings. The smallest absolute Gasteiger partial charge is 0.303 e. The van der Waals surface area contributed by atoms with Crippen molar-refractivity contribution in [1.29, 1.82) is 0 Å². The predicted molar refractivity (Wildman–Crippen MR) is 108 cm³/mol. The van der Waals surface area contributed by atoms with Crippen LogP contribution in [-0.2, 0) is 23.9 Å². The van der Waals surface area contributed by atoms with Crippen LogP contribution in [0.1, 0.15) is 66.2 Å². The summed E-state index contributed by atoms with van der Waals surface area (Å²) in [5.74, 6) is -0.680. The molecule has 0 aliphatic heterocycles. The van der Waals surface area contributed by atoms with Crippen LogP contribution in [0.4, 0.5) is 0 Å². The van der Waals surface area contributed by atoms with Crippen molar-refractivity contribution in [2.45, 2.75) is 71.8 Å². The van der Waals surface area contributed by atoms with E-state index in [2.05, 4.69) is 13.8 Å². The lowest BCUT2D eigenvalue weighted by Crippen LogP contribution is -2.61. The molecule has 0 aromatic carbocycles. The number of ether oxygens (including phenoxy) is 1. The molecule has 6 nitrogen and oxygen atoms in total. The lowest BCUT2D eigenvalue weighted by molar-refractivity contribution is -0.174. The average Bonchev–Trinajstić information content (AvgIpc) is 2.93. The van der Waals surface area contributed by atoms with Crippen molar-refractivity contribution in [2.24, 2.45) is 34.5 Å². The lowest BCUT2D eigenvalue weighted by atomic mass is 9.44. The Balaban J connectivity index is 1.70. The zero-order valence-corrected chi connectivity index (χ0v) is 18.3. The van der Waals surface area contributed by atoms with Crippen molar-refractivity contribution in [2.75, 3.05) is 6.61 Å². The molecule has 0 aromatic heterocycles. The van der Waals surface area contributed by atoms with Gasteiger partial charge in [0.15, 0.2) is 12.4 Å². The summed E-state index contributed by atoms with van der Waals surface area (Å²) in [6, 6.07) is 0. The molecular formula is C24H32O6. The molecule has 30 heavy (non-hydrogen) atoms. The van der Waals surface area contributed by atoms with E-state index >= 15 is 0 Å². The second-order valence-corrected chi connectivity index (χ2v) is 10.5. The van der Waals surface area contributed by atoms with Gasteiger partial charge in [-0.1, -0.05) is 26.3 Å². The summed E-state index contributed by atoms with van der Waals surface area (Å²) < 4.78 is 4.88. The highest BCUT2D eigenvalue weighted by atomic mass is 16.5. The molecule has 0 bridgehead atoms. The molecule has 0 spiro atoms. The summed E-state index contributed by atoms with van der Waals surface area (Å²) in [6.45, 7) is 6.90. The number of fused-ring (bicyclic) bond motifs is 5. The van der Waals surface area contributed by atoms with E-state index in [4.69, 9.17) is 4.74 Å². The third-order valence-electron chi connectivity index (χ3n) is 8.99. The van der Waals surface area contributed by atoms with E-state index in [1.54, 1.807) is 6.08 Å². The minimum atomic E-state index is -1.66. The Morgan fingerprint density at radius 2 is 1.93 bits per heavy atom. The topological polar surface area (TPSA) is 97.7 Å². The maximum atomic E-state index is 13.6. The number of rotatable bonds is 3. The van der Waals surface area contributed by atoms with Crippen LogP contribution in [0.5, 0.6) is 0 Å². The summed E-state index contributed by atoms with van der Waals surface area (Å²) in [7, 11) is 0. The number of esters is 1. The van der Waals surface area contributed by atoms with Gasteiger partial charge in [-0.3, -0.25) is 19.2 Å². The molecule has 7 atom stereocenters. The summed E-state index contributed by atoms with van der Waals surface area (Å²) in [4.78, 5) is 49.7. The molecule has 4 rings (SSSR count). The maximum Gasteiger partial charge on any atom is 0.303 e. The molecule has 4 aliphatic carbocycles. The highest BCUT2D eigenvalue weighted by Gasteiger charge is 2.69. The van der Waals surface area contributed by atoms with Crippen molar-refractivity contribution >= 4 is 23.3 Å². The van der Waals surface area contributed by atoms with Crippen molar-refractivity contribution < 1.29 is 29.0 Å². The SMILES string of the molecule is CC(=O)OCC(=O)[C@@]1(O)CC[C@H]2[C@@H]3C[C@H](C)C4=CC(=O)CC[C@]4(C)[C@H]3C(=O)C[C@@]21C. The van der Waals surface area contributed by atoms with Crippen LogP contribution >= 0.6 is 0 Å². The summed E-state index contributed by atoms with van der Waals surface area (Å²) in [5.41, 5.74) is -1.73. The van der Waals surface area contributed by atoms with Crippen LogP contribution in [0.2, 0.25) is 0 Å². The first-order chi connectivity index (χ1) is 13.9. The highest BCUT2D eigenvalue weighted by molar-refractivity contribution is 5.95. The van der Waals surface area contributed by atoms with Gasteiger partial charge in [-0.05, 0) is 54.9 Å². The number of hydrogen-bond acceptors (Lipinski definition) is 6.